The molecule has 1 aliphatic heterocycles. The maximum absolute atomic E-state index is 12.9. The first-order valence-corrected chi connectivity index (χ1v) is 7.94. The molecule has 1 saturated carbocycles. The van der Waals surface area contributed by atoms with Crippen LogP contribution in [-0.2, 0) is 11.2 Å². The first-order valence-electron chi connectivity index (χ1n) is 7.94. The fourth-order valence-electron chi connectivity index (χ4n) is 3.72. The molecule has 1 aromatic carbocycles. The van der Waals surface area contributed by atoms with Crippen LogP contribution >= 0.6 is 0 Å². The Hall–Kier alpha value is -1.64. The van der Waals surface area contributed by atoms with Gasteiger partial charge in [0.1, 0.15) is 0 Å². The van der Waals surface area contributed by atoms with Crippen LogP contribution in [0.25, 0.3) is 0 Å². The third kappa shape index (κ3) is 2.74. The number of hydrogen-bond acceptors (Lipinski definition) is 2. The molecule has 0 aromatic heterocycles. The Morgan fingerprint density at radius 3 is 2.81 bits per heavy atom. The van der Waals surface area contributed by atoms with Crippen molar-refractivity contribution in [3.63, 3.8) is 0 Å². The monoisotopic (exact) mass is 285 g/mol. The van der Waals surface area contributed by atoms with Gasteiger partial charge in [0.2, 0.25) is 5.91 Å². The van der Waals surface area contributed by atoms with E-state index in [1.54, 1.807) is 0 Å². The van der Waals surface area contributed by atoms with Gasteiger partial charge in [0.15, 0.2) is 5.78 Å². The maximum atomic E-state index is 12.9. The minimum absolute atomic E-state index is 0.0648. The SMILES string of the molecule is CC1(C)CCCCC1C(=O)c1ccc2c(c1)CCC(=O)N2. The highest BCUT2D eigenvalue weighted by Crippen LogP contribution is 2.42. The van der Waals surface area contributed by atoms with Crippen LogP contribution in [0.15, 0.2) is 18.2 Å². The molecule has 1 amide bonds. The van der Waals surface area contributed by atoms with Gasteiger partial charge in [-0.15, -0.1) is 0 Å². The van der Waals surface area contributed by atoms with Crippen molar-refractivity contribution < 1.29 is 9.59 Å². The van der Waals surface area contributed by atoms with E-state index < -0.39 is 0 Å². The van der Waals surface area contributed by atoms with E-state index in [0.29, 0.717) is 6.42 Å². The van der Waals surface area contributed by atoms with E-state index in [0.717, 1.165) is 42.5 Å². The molecule has 1 aliphatic carbocycles. The van der Waals surface area contributed by atoms with E-state index in [4.69, 9.17) is 0 Å². The van der Waals surface area contributed by atoms with Crippen molar-refractivity contribution in [2.45, 2.75) is 52.4 Å². The van der Waals surface area contributed by atoms with Crippen molar-refractivity contribution in [1.82, 2.24) is 0 Å². The number of carbonyl (C=O) groups excluding carboxylic acids is 2. The molecule has 21 heavy (non-hydrogen) atoms. The third-order valence-corrected chi connectivity index (χ3v) is 5.11. The smallest absolute Gasteiger partial charge is 0.224 e. The third-order valence-electron chi connectivity index (χ3n) is 5.11. The summed E-state index contributed by atoms with van der Waals surface area (Å²) >= 11 is 0. The predicted octanol–water partition coefficient (Wildman–Crippen LogP) is 3.97. The molecule has 2 aliphatic rings. The molecule has 3 rings (SSSR count). The van der Waals surface area contributed by atoms with Gasteiger partial charge in [-0.05, 0) is 48.4 Å². The zero-order valence-corrected chi connectivity index (χ0v) is 12.9. The first kappa shape index (κ1) is 14.3. The highest BCUT2D eigenvalue weighted by Gasteiger charge is 2.37. The topological polar surface area (TPSA) is 46.2 Å². The number of aryl methyl sites for hydroxylation is 1. The van der Waals surface area contributed by atoms with Gasteiger partial charge in [-0.3, -0.25) is 9.59 Å². The second-order valence-electron chi connectivity index (χ2n) is 7.07. The van der Waals surface area contributed by atoms with Gasteiger partial charge in [-0.25, -0.2) is 0 Å². The van der Waals surface area contributed by atoms with Gasteiger partial charge >= 0.3 is 0 Å². The Balaban J connectivity index is 1.87. The molecule has 0 radical (unpaired) electrons. The van der Waals surface area contributed by atoms with E-state index in [1.807, 2.05) is 18.2 Å². The van der Waals surface area contributed by atoms with E-state index >= 15 is 0 Å². The summed E-state index contributed by atoms with van der Waals surface area (Å²) in [5.41, 5.74) is 2.86. The minimum Gasteiger partial charge on any atom is -0.326 e. The molecule has 3 heteroatoms. The molecule has 0 spiro atoms. The fraction of sp³-hybridized carbons (Fsp3) is 0.556. The number of rotatable bonds is 2. The number of amides is 1. The van der Waals surface area contributed by atoms with Crippen LogP contribution in [0.1, 0.15) is 61.9 Å². The molecule has 3 nitrogen and oxygen atoms in total. The second kappa shape index (κ2) is 5.28. The molecule has 1 N–H and O–H groups in total. The predicted molar refractivity (Wildman–Crippen MR) is 83.5 cm³/mol. The molecular formula is C18H23NO2. The number of carbonyl (C=O) groups is 2. The van der Waals surface area contributed by atoms with Crippen molar-refractivity contribution in [1.29, 1.82) is 0 Å². The summed E-state index contributed by atoms with van der Waals surface area (Å²) in [6.45, 7) is 4.43. The van der Waals surface area contributed by atoms with Gasteiger partial charge in [0, 0.05) is 23.6 Å². The number of benzene rings is 1. The number of nitrogens with one attached hydrogen (secondary N) is 1. The Morgan fingerprint density at radius 2 is 2.05 bits per heavy atom. The zero-order valence-electron chi connectivity index (χ0n) is 12.9. The first-order chi connectivity index (χ1) is 9.97. The zero-order chi connectivity index (χ0) is 15.0. The van der Waals surface area contributed by atoms with Gasteiger partial charge in [0.05, 0.1) is 0 Å². The summed E-state index contributed by atoms with van der Waals surface area (Å²) in [6.07, 6.45) is 5.76. The van der Waals surface area contributed by atoms with Gasteiger partial charge in [0.25, 0.3) is 0 Å². The highest BCUT2D eigenvalue weighted by molar-refractivity contribution is 6.00. The van der Waals surface area contributed by atoms with Crippen molar-refractivity contribution in [2.24, 2.45) is 11.3 Å². The summed E-state index contributed by atoms with van der Waals surface area (Å²) in [4.78, 5) is 24.3. The summed E-state index contributed by atoms with van der Waals surface area (Å²) in [7, 11) is 0. The van der Waals surface area contributed by atoms with Crippen LogP contribution in [0.4, 0.5) is 5.69 Å². The summed E-state index contributed by atoms with van der Waals surface area (Å²) in [5, 5.41) is 2.87. The standard InChI is InChI=1S/C18H23NO2/c1-18(2)10-4-3-5-14(18)17(21)13-6-8-15-12(11-13)7-9-16(20)19-15/h6,8,11,14H,3-5,7,9-10H2,1-2H3,(H,19,20). The highest BCUT2D eigenvalue weighted by atomic mass is 16.1. The Morgan fingerprint density at radius 1 is 1.24 bits per heavy atom. The van der Waals surface area contributed by atoms with Crippen molar-refractivity contribution in [3.8, 4) is 0 Å². The molecule has 1 aromatic rings. The van der Waals surface area contributed by atoms with Crippen LogP contribution in [-0.4, -0.2) is 11.7 Å². The Bertz CT molecular complexity index is 589. The molecule has 0 bridgehead atoms. The van der Waals surface area contributed by atoms with E-state index in [1.165, 1.54) is 6.42 Å². The van der Waals surface area contributed by atoms with Crippen LogP contribution in [0.3, 0.4) is 0 Å². The number of Topliss-reactive ketones (excluding diaryl/α,β-unsaturated/α-hetero) is 1. The lowest BCUT2D eigenvalue weighted by molar-refractivity contribution is -0.116. The Labute approximate surface area is 126 Å². The van der Waals surface area contributed by atoms with Crippen molar-refractivity contribution >= 4 is 17.4 Å². The lowest BCUT2D eigenvalue weighted by Crippen LogP contribution is -2.34. The molecule has 0 saturated heterocycles. The minimum atomic E-state index is 0.0648. The van der Waals surface area contributed by atoms with Crippen LogP contribution in [0.2, 0.25) is 0 Å². The molecule has 1 fully saturated rings. The van der Waals surface area contributed by atoms with Gasteiger partial charge in [-0.2, -0.15) is 0 Å². The van der Waals surface area contributed by atoms with Crippen LogP contribution in [0, 0.1) is 11.3 Å². The normalized spacial score (nSPS) is 24.1. The molecule has 1 atom stereocenters. The molecule has 1 heterocycles. The van der Waals surface area contributed by atoms with Crippen molar-refractivity contribution in [3.05, 3.63) is 29.3 Å². The average molecular weight is 285 g/mol. The van der Waals surface area contributed by atoms with Crippen LogP contribution in [0.5, 0.6) is 0 Å². The summed E-state index contributed by atoms with van der Waals surface area (Å²) < 4.78 is 0. The number of anilines is 1. The lowest BCUT2D eigenvalue weighted by Gasteiger charge is -2.37. The largest absolute Gasteiger partial charge is 0.326 e. The quantitative estimate of drug-likeness (QED) is 0.836. The number of hydrogen-bond donors (Lipinski definition) is 1. The Kier molecular flexibility index (Phi) is 3.60. The summed E-state index contributed by atoms with van der Waals surface area (Å²) in [6, 6.07) is 5.74. The number of ketones is 1. The van der Waals surface area contributed by atoms with Crippen LogP contribution < -0.4 is 5.32 Å². The van der Waals surface area contributed by atoms with Gasteiger partial charge < -0.3 is 5.32 Å². The van der Waals surface area contributed by atoms with E-state index in [2.05, 4.69) is 19.2 Å². The molecular weight excluding hydrogens is 262 g/mol. The second-order valence-corrected chi connectivity index (χ2v) is 7.07. The average Bonchev–Trinajstić information content (AvgIpc) is 2.45. The summed E-state index contributed by atoms with van der Waals surface area (Å²) in [5.74, 6) is 0.469. The lowest BCUT2D eigenvalue weighted by atomic mass is 9.66. The number of fused-ring (bicyclic) bond motifs is 1. The maximum Gasteiger partial charge on any atom is 0.224 e. The van der Waals surface area contributed by atoms with Crippen molar-refractivity contribution in [2.75, 3.05) is 5.32 Å². The van der Waals surface area contributed by atoms with Gasteiger partial charge in [-0.1, -0.05) is 26.7 Å². The molecule has 1 unspecified atom stereocenters. The van der Waals surface area contributed by atoms with E-state index in [9.17, 15) is 9.59 Å². The fourth-order valence-corrected chi connectivity index (χ4v) is 3.72. The molecule has 112 valence electrons. The van der Waals surface area contributed by atoms with E-state index in [-0.39, 0.29) is 23.0 Å².